The molecule has 0 bridgehead atoms. The molecule has 0 aromatic rings. The van der Waals surface area contributed by atoms with Gasteiger partial charge in [-0.05, 0) is 33.1 Å². The number of unbranched alkanes of at least 4 members (excludes halogenated alkanes) is 1. The largest absolute Gasteiger partial charge is 0.385 e. The van der Waals surface area contributed by atoms with Gasteiger partial charge in [-0.2, -0.15) is 0 Å². The van der Waals surface area contributed by atoms with Crippen LogP contribution < -0.4 is 0 Å². The predicted molar refractivity (Wildman–Crippen MR) is 69.0 cm³/mol. The van der Waals surface area contributed by atoms with E-state index in [0.29, 0.717) is 13.0 Å². The second kappa shape index (κ2) is 6.29. The van der Waals surface area contributed by atoms with Gasteiger partial charge in [-0.1, -0.05) is 20.8 Å². The van der Waals surface area contributed by atoms with Gasteiger partial charge < -0.3 is 4.74 Å². The van der Waals surface area contributed by atoms with Crippen molar-refractivity contribution in [1.82, 2.24) is 0 Å². The zero-order chi connectivity index (χ0) is 13.7. The standard InChI is InChI=1S/C14H26O3/c1-11(15)14(5,9-7-8-10-17-6)12(16)13(2,3)4/h7-10H2,1-6H3. The number of methoxy groups -OCH3 is 1. The number of hydrogen-bond acceptors (Lipinski definition) is 3. The van der Waals surface area contributed by atoms with E-state index in [-0.39, 0.29) is 11.6 Å². The number of ether oxygens (including phenoxy) is 1. The summed E-state index contributed by atoms with van der Waals surface area (Å²) in [5.74, 6) is 0.00441. The highest BCUT2D eigenvalue weighted by Crippen LogP contribution is 2.34. The number of hydrogen-bond donors (Lipinski definition) is 0. The molecule has 0 amide bonds. The van der Waals surface area contributed by atoms with E-state index in [4.69, 9.17) is 4.74 Å². The topological polar surface area (TPSA) is 43.4 Å². The van der Waals surface area contributed by atoms with Crippen molar-refractivity contribution in [1.29, 1.82) is 0 Å². The van der Waals surface area contributed by atoms with E-state index < -0.39 is 10.8 Å². The number of rotatable bonds is 7. The Morgan fingerprint density at radius 2 is 1.59 bits per heavy atom. The Hall–Kier alpha value is -0.700. The lowest BCUT2D eigenvalue weighted by Crippen LogP contribution is -2.42. The minimum absolute atomic E-state index is 0.0326. The molecule has 0 spiro atoms. The summed E-state index contributed by atoms with van der Waals surface area (Å²) < 4.78 is 4.97. The maximum Gasteiger partial charge on any atom is 0.151 e. The third-order valence-electron chi connectivity index (χ3n) is 3.23. The average Bonchev–Trinajstić information content (AvgIpc) is 2.21. The first-order valence-corrected chi connectivity index (χ1v) is 6.21. The third-order valence-corrected chi connectivity index (χ3v) is 3.23. The van der Waals surface area contributed by atoms with Gasteiger partial charge in [0, 0.05) is 19.1 Å². The van der Waals surface area contributed by atoms with Gasteiger partial charge in [0.05, 0.1) is 5.41 Å². The molecule has 0 aromatic carbocycles. The molecule has 100 valence electrons. The molecule has 3 nitrogen and oxygen atoms in total. The summed E-state index contributed by atoms with van der Waals surface area (Å²) in [6.07, 6.45) is 2.34. The molecule has 1 unspecified atom stereocenters. The fourth-order valence-corrected chi connectivity index (χ4v) is 2.00. The Bertz CT molecular complexity index is 276. The number of carbonyl (C=O) groups excluding carboxylic acids is 2. The molecule has 0 aliphatic carbocycles. The second-order valence-corrected chi connectivity index (χ2v) is 5.92. The Kier molecular flexibility index (Phi) is 6.03. The number of Topliss-reactive ketones (excluding diaryl/α,β-unsaturated/α-hetero) is 2. The van der Waals surface area contributed by atoms with E-state index in [0.717, 1.165) is 12.8 Å². The van der Waals surface area contributed by atoms with Crippen molar-refractivity contribution in [2.45, 2.75) is 53.9 Å². The summed E-state index contributed by atoms with van der Waals surface area (Å²) in [6, 6.07) is 0. The van der Waals surface area contributed by atoms with E-state index in [2.05, 4.69) is 0 Å². The van der Waals surface area contributed by atoms with Crippen LogP contribution in [0.3, 0.4) is 0 Å². The molecule has 0 aliphatic rings. The van der Waals surface area contributed by atoms with Crippen LogP contribution in [0.1, 0.15) is 53.9 Å². The van der Waals surface area contributed by atoms with Crippen LogP contribution in [0, 0.1) is 10.8 Å². The molecule has 3 heteroatoms. The molecular weight excluding hydrogens is 216 g/mol. The molecule has 0 radical (unpaired) electrons. The summed E-state index contributed by atoms with van der Waals surface area (Å²) in [5, 5.41) is 0. The average molecular weight is 242 g/mol. The van der Waals surface area contributed by atoms with Gasteiger partial charge >= 0.3 is 0 Å². The molecule has 0 fully saturated rings. The first kappa shape index (κ1) is 16.3. The van der Waals surface area contributed by atoms with Crippen molar-refractivity contribution in [3.05, 3.63) is 0 Å². The van der Waals surface area contributed by atoms with E-state index in [1.54, 1.807) is 14.0 Å². The normalized spacial score (nSPS) is 15.4. The van der Waals surface area contributed by atoms with Crippen LogP contribution in [-0.2, 0) is 14.3 Å². The van der Waals surface area contributed by atoms with E-state index in [1.807, 2.05) is 20.8 Å². The summed E-state index contributed by atoms with van der Waals surface area (Å²) in [4.78, 5) is 24.1. The molecular formula is C14H26O3. The van der Waals surface area contributed by atoms with Gasteiger partial charge in [-0.15, -0.1) is 0 Å². The highest BCUT2D eigenvalue weighted by molar-refractivity contribution is 6.07. The molecule has 0 aromatic heterocycles. The first-order valence-electron chi connectivity index (χ1n) is 6.21. The van der Waals surface area contributed by atoms with Crippen LogP contribution in [-0.4, -0.2) is 25.3 Å². The first-order chi connectivity index (χ1) is 7.66. The Balaban J connectivity index is 4.69. The van der Waals surface area contributed by atoms with Gasteiger partial charge in [0.25, 0.3) is 0 Å². The lowest BCUT2D eigenvalue weighted by atomic mass is 9.69. The van der Waals surface area contributed by atoms with Crippen molar-refractivity contribution in [2.24, 2.45) is 10.8 Å². The molecule has 0 saturated carbocycles. The molecule has 0 N–H and O–H groups in total. The molecule has 0 saturated heterocycles. The van der Waals surface area contributed by atoms with Crippen molar-refractivity contribution < 1.29 is 14.3 Å². The van der Waals surface area contributed by atoms with Crippen LogP contribution in [0.2, 0.25) is 0 Å². The zero-order valence-corrected chi connectivity index (χ0v) is 12.1. The van der Waals surface area contributed by atoms with Crippen LogP contribution in [0.5, 0.6) is 0 Å². The minimum Gasteiger partial charge on any atom is -0.385 e. The third kappa shape index (κ3) is 4.58. The fraction of sp³-hybridized carbons (Fsp3) is 0.857. The minimum atomic E-state index is -0.841. The summed E-state index contributed by atoms with van der Waals surface area (Å²) in [7, 11) is 1.66. The van der Waals surface area contributed by atoms with Crippen molar-refractivity contribution >= 4 is 11.6 Å². The number of ketones is 2. The van der Waals surface area contributed by atoms with Gasteiger partial charge in [0.1, 0.15) is 5.78 Å². The Morgan fingerprint density at radius 3 is 1.94 bits per heavy atom. The molecule has 17 heavy (non-hydrogen) atoms. The maximum absolute atomic E-state index is 12.3. The van der Waals surface area contributed by atoms with E-state index in [9.17, 15) is 9.59 Å². The Labute approximate surface area is 105 Å². The van der Waals surface area contributed by atoms with Crippen LogP contribution >= 0.6 is 0 Å². The molecule has 1 atom stereocenters. The van der Waals surface area contributed by atoms with Crippen molar-refractivity contribution in [2.75, 3.05) is 13.7 Å². The SMILES string of the molecule is COCCCCC(C)(C(C)=O)C(=O)C(C)(C)C. The predicted octanol–water partition coefficient (Wildman–Crippen LogP) is 3.01. The van der Waals surface area contributed by atoms with Crippen LogP contribution in [0.25, 0.3) is 0 Å². The van der Waals surface area contributed by atoms with Crippen LogP contribution in [0.4, 0.5) is 0 Å². The summed E-state index contributed by atoms with van der Waals surface area (Å²) in [6.45, 7) is 9.57. The number of carbonyl (C=O) groups is 2. The lowest BCUT2D eigenvalue weighted by molar-refractivity contribution is -0.144. The fourth-order valence-electron chi connectivity index (χ4n) is 2.00. The zero-order valence-electron chi connectivity index (χ0n) is 12.1. The van der Waals surface area contributed by atoms with E-state index in [1.165, 1.54) is 6.92 Å². The van der Waals surface area contributed by atoms with Gasteiger partial charge in [-0.3, -0.25) is 9.59 Å². The summed E-state index contributed by atoms with van der Waals surface area (Å²) >= 11 is 0. The van der Waals surface area contributed by atoms with Gasteiger partial charge in [-0.25, -0.2) is 0 Å². The van der Waals surface area contributed by atoms with Crippen molar-refractivity contribution in [3.8, 4) is 0 Å². The second-order valence-electron chi connectivity index (χ2n) is 5.92. The maximum atomic E-state index is 12.3. The highest BCUT2D eigenvalue weighted by Gasteiger charge is 2.42. The smallest absolute Gasteiger partial charge is 0.151 e. The highest BCUT2D eigenvalue weighted by atomic mass is 16.5. The monoisotopic (exact) mass is 242 g/mol. The quantitative estimate of drug-likeness (QED) is 0.509. The lowest BCUT2D eigenvalue weighted by Gasteiger charge is -2.32. The molecule has 0 aliphatic heterocycles. The Morgan fingerprint density at radius 1 is 1.06 bits per heavy atom. The van der Waals surface area contributed by atoms with Crippen molar-refractivity contribution in [3.63, 3.8) is 0 Å². The van der Waals surface area contributed by atoms with Crippen LogP contribution in [0.15, 0.2) is 0 Å². The summed E-state index contributed by atoms with van der Waals surface area (Å²) in [5.41, 5.74) is -1.31. The van der Waals surface area contributed by atoms with E-state index >= 15 is 0 Å². The molecule has 0 rings (SSSR count). The van der Waals surface area contributed by atoms with Gasteiger partial charge in [0.2, 0.25) is 0 Å². The van der Waals surface area contributed by atoms with Gasteiger partial charge in [0.15, 0.2) is 5.78 Å². The molecule has 0 heterocycles.